The number of carbonyl (C=O) groups is 1. The Morgan fingerprint density at radius 3 is 2.53 bits per heavy atom. The van der Waals surface area contributed by atoms with Gasteiger partial charge in [0.25, 0.3) is 0 Å². The summed E-state index contributed by atoms with van der Waals surface area (Å²) in [6.07, 6.45) is 0. The average molecular weight is 221 g/mol. The minimum atomic E-state index is -0.773. The van der Waals surface area contributed by atoms with E-state index in [1.54, 1.807) is 0 Å². The van der Waals surface area contributed by atoms with E-state index in [1.165, 1.54) is 18.7 Å². The highest BCUT2D eigenvalue weighted by molar-refractivity contribution is 8.00. The van der Waals surface area contributed by atoms with Crippen LogP contribution in [0.2, 0.25) is 0 Å². The predicted molar refractivity (Wildman–Crippen MR) is 58.2 cm³/mol. The molecule has 1 aromatic rings. The molecule has 0 heterocycles. The first-order valence-electron chi connectivity index (χ1n) is 4.42. The number of thioether (sulfide) groups is 1. The van der Waals surface area contributed by atoms with E-state index in [4.69, 9.17) is 10.00 Å². The molecule has 3 nitrogen and oxygen atoms in total. The van der Waals surface area contributed by atoms with Crippen molar-refractivity contribution in [1.82, 2.24) is 0 Å². The second kappa shape index (κ2) is 5.42. The molecule has 4 heteroatoms. The molecule has 0 aliphatic rings. The molecule has 0 bridgehead atoms. The molecule has 15 heavy (non-hydrogen) atoms. The molecular formula is C11H11NO2S. The zero-order chi connectivity index (χ0) is 11.3. The van der Waals surface area contributed by atoms with Crippen molar-refractivity contribution < 1.29 is 9.53 Å². The highest BCUT2D eigenvalue weighted by Gasteiger charge is 2.11. The third-order valence-corrected chi connectivity index (χ3v) is 2.60. The smallest absolute Gasteiger partial charge is 0.304 e. The molecule has 0 spiro atoms. The molecule has 0 radical (unpaired) electrons. The van der Waals surface area contributed by atoms with Crippen LogP contribution in [0.3, 0.4) is 0 Å². The monoisotopic (exact) mass is 221 g/mol. The molecule has 1 unspecified atom stereocenters. The lowest BCUT2D eigenvalue weighted by molar-refractivity contribution is -0.140. The lowest BCUT2D eigenvalue weighted by Gasteiger charge is -2.08. The van der Waals surface area contributed by atoms with Crippen LogP contribution in [-0.4, -0.2) is 11.4 Å². The first-order valence-corrected chi connectivity index (χ1v) is 5.30. The fourth-order valence-corrected chi connectivity index (χ4v) is 1.74. The summed E-state index contributed by atoms with van der Waals surface area (Å²) in [5.41, 5.74) is 0.380. The van der Waals surface area contributed by atoms with Gasteiger partial charge in [0, 0.05) is 11.8 Å². The molecular weight excluding hydrogens is 210 g/mol. The number of aryl methyl sites for hydroxylation is 1. The lowest BCUT2D eigenvalue weighted by Crippen LogP contribution is -2.09. The van der Waals surface area contributed by atoms with Crippen LogP contribution < -0.4 is 0 Å². The van der Waals surface area contributed by atoms with E-state index in [9.17, 15) is 4.79 Å². The second-order valence-electron chi connectivity index (χ2n) is 3.00. The van der Waals surface area contributed by atoms with Gasteiger partial charge in [0.15, 0.2) is 0 Å². The molecule has 0 amide bonds. The molecule has 0 aromatic heterocycles. The normalized spacial score (nSPS) is 11.5. The van der Waals surface area contributed by atoms with Crippen molar-refractivity contribution in [1.29, 1.82) is 5.26 Å². The third kappa shape index (κ3) is 4.05. The number of hydrogen-bond donors (Lipinski definition) is 0. The van der Waals surface area contributed by atoms with Gasteiger partial charge in [-0.2, -0.15) is 5.26 Å². The van der Waals surface area contributed by atoms with Crippen LogP contribution in [0.4, 0.5) is 0 Å². The summed E-state index contributed by atoms with van der Waals surface area (Å²) in [5, 5.41) is 8.74. The van der Waals surface area contributed by atoms with Crippen LogP contribution in [0.1, 0.15) is 12.5 Å². The quantitative estimate of drug-likeness (QED) is 0.447. The Labute approximate surface area is 93.0 Å². The first kappa shape index (κ1) is 11.6. The van der Waals surface area contributed by atoms with E-state index in [2.05, 4.69) is 0 Å². The molecule has 78 valence electrons. The van der Waals surface area contributed by atoms with Crippen molar-refractivity contribution in [3.8, 4) is 6.07 Å². The van der Waals surface area contributed by atoms with Crippen LogP contribution in [0.5, 0.6) is 0 Å². The maximum atomic E-state index is 10.7. The molecule has 1 rings (SSSR count). The maximum Gasteiger partial charge on any atom is 0.304 e. The zero-order valence-electron chi connectivity index (χ0n) is 8.56. The van der Waals surface area contributed by atoms with Gasteiger partial charge >= 0.3 is 5.97 Å². The van der Waals surface area contributed by atoms with Crippen LogP contribution in [0.15, 0.2) is 29.2 Å². The molecule has 0 fully saturated rings. The summed E-state index contributed by atoms with van der Waals surface area (Å²) in [5.74, 6) is -0.443. The summed E-state index contributed by atoms with van der Waals surface area (Å²) >= 11 is 1.22. The van der Waals surface area contributed by atoms with Gasteiger partial charge in [-0.3, -0.25) is 4.79 Å². The zero-order valence-corrected chi connectivity index (χ0v) is 9.38. The Morgan fingerprint density at radius 2 is 2.07 bits per heavy atom. The van der Waals surface area contributed by atoms with E-state index in [-0.39, 0.29) is 0 Å². The van der Waals surface area contributed by atoms with Gasteiger partial charge in [0.2, 0.25) is 5.44 Å². The van der Waals surface area contributed by atoms with Crippen LogP contribution in [0, 0.1) is 18.3 Å². The summed E-state index contributed by atoms with van der Waals surface area (Å²) < 4.78 is 4.80. The number of ether oxygens (including phenoxy) is 1. The molecule has 0 saturated carbocycles. The number of esters is 1. The summed E-state index contributed by atoms with van der Waals surface area (Å²) in [6.45, 7) is 3.28. The topological polar surface area (TPSA) is 50.1 Å². The number of benzene rings is 1. The second-order valence-corrected chi connectivity index (χ2v) is 4.14. The van der Waals surface area contributed by atoms with Gasteiger partial charge in [-0.25, -0.2) is 0 Å². The molecule has 0 N–H and O–H groups in total. The SMILES string of the molecule is CC(=O)OC(C#N)Sc1ccc(C)cc1. The van der Waals surface area contributed by atoms with Gasteiger partial charge in [-0.1, -0.05) is 29.5 Å². The van der Waals surface area contributed by atoms with Crippen LogP contribution >= 0.6 is 11.8 Å². The molecule has 1 atom stereocenters. The molecule has 0 aliphatic carbocycles. The summed E-state index contributed by atoms with van der Waals surface area (Å²) in [6, 6.07) is 9.61. The summed E-state index contributed by atoms with van der Waals surface area (Å²) in [7, 11) is 0. The van der Waals surface area contributed by atoms with Crippen molar-refractivity contribution in [3.63, 3.8) is 0 Å². The van der Waals surface area contributed by atoms with Gasteiger partial charge in [-0.15, -0.1) is 0 Å². The van der Waals surface area contributed by atoms with Crippen LogP contribution in [0.25, 0.3) is 0 Å². The number of nitriles is 1. The van der Waals surface area contributed by atoms with Crippen molar-refractivity contribution >= 4 is 17.7 Å². The number of hydrogen-bond acceptors (Lipinski definition) is 4. The largest absolute Gasteiger partial charge is 0.436 e. The van der Waals surface area contributed by atoms with Crippen LogP contribution in [-0.2, 0) is 9.53 Å². The van der Waals surface area contributed by atoms with E-state index in [1.807, 2.05) is 37.3 Å². The van der Waals surface area contributed by atoms with Crippen molar-refractivity contribution in [3.05, 3.63) is 29.8 Å². The molecule has 0 saturated heterocycles. The Morgan fingerprint density at radius 1 is 1.47 bits per heavy atom. The highest BCUT2D eigenvalue weighted by Crippen LogP contribution is 2.23. The van der Waals surface area contributed by atoms with E-state index < -0.39 is 11.4 Å². The maximum absolute atomic E-state index is 10.7. The number of nitrogens with zero attached hydrogens (tertiary/aromatic N) is 1. The molecule has 0 aliphatic heterocycles. The Bertz CT molecular complexity index is 381. The van der Waals surface area contributed by atoms with Gasteiger partial charge < -0.3 is 4.74 Å². The van der Waals surface area contributed by atoms with E-state index in [0.29, 0.717) is 0 Å². The average Bonchev–Trinajstić information content (AvgIpc) is 2.19. The highest BCUT2D eigenvalue weighted by atomic mass is 32.2. The number of rotatable bonds is 3. The Balaban J connectivity index is 2.63. The first-order chi connectivity index (χ1) is 7.11. The number of carbonyl (C=O) groups excluding carboxylic acids is 1. The Kier molecular flexibility index (Phi) is 4.19. The van der Waals surface area contributed by atoms with Gasteiger partial charge in [0.05, 0.1) is 0 Å². The fourth-order valence-electron chi connectivity index (χ4n) is 0.968. The fraction of sp³-hybridized carbons (Fsp3) is 0.273. The van der Waals surface area contributed by atoms with E-state index >= 15 is 0 Å². The molecule has 1 aromatic carbocycles. The minimum absolute atomic E-state index is 0.443. The van der Waals surface area contributed by atoms with E-state index in [0.717, 1.165) is 10.5 Å². The Hall–Kier alpha value is -1.47. The van der Waals surface area contributed by atoms with Crippen molar-refractivity contribution in [2.24, 2.45) is 0 Å². The minimum Gasteiger partial charge on any atom is -0.436 e. The third-order valence-electron chi connectivity index (χ3n) is 1.64. The predicted octanol–water partition coefficient (Wildman–Crippen LogP) is 2.50. The van der Waals surface area contributed by atoms with Gasteiger partial charge in [-0.05, 0) is 19.1 Å². The summed E-state index contributed by atoms with van der Waals surface area (Å²) in [4.78, 5) is 11.6. The standard InChI is InChI=1S/C11H11NO2S/c1-8-3-5-10(6-4-8)15-11(7-12)14-9(2)13/h3-6,11H,1-2H3. The van der Waals surface area contributed by atoms with Crippen molar-refractivity contribution in [2.45, 2.75) is 24.2 Å². The van der Waals surface area contributed by atoms with Gasteiger partial charge in [0.1, 0.15) is 6.07 Å². The lowest BCUT2D eigenvalue weighted by atomic mass is 10.2. The van der Waals surface area contributed by atoms with Crippen molar-refractivity contribution in [2.75, 3.05) is 0 Å².